The Morgan fingerprint density at radius 3 is 2.71 bits per heavy atom. The average molecular weight is 189 g/mol. The normalized spacial score (nSPS) is 10.3. The smallest absolute Gasteiger partial charge is 0.122 e. The number of benzene rings is 1. The zero-order valence-corrected chi connectivity index (χ0v) is 9.13. The molecule has 1 rings (SSSR count). The molecular formula is C13H17O. The fraction of sp³-hybridized carbons (Fsp3) is 0.308. The van der Waals surface area contributed by atoms with Gasteiger partial charge in [-0.3, -0.25) is 0 Å². The molecule has 1 heteroatoms. The highest BCUT2D eigenvalue weighted by molar-refractivity contribution is 5.43. The predicted molar refractivity (Wildman–Crippen MR) is 60.6 cm³/mol. The molecule has 0 atom stereocenters. The molecule has 0 heterocycles. The third kappa shape index (κ3) is 2.38. The Bertz CT molecular complexity index is 315. The first kappa shape index (κ1) is 10.8. The van der Waals surface area contributed by atoms with Gasteiger partial charge in [-0.05, 0) is 31.0 Å². The summed E-state index contributed by atoms with van der Waals surface area (Å²) in [6, 6.07) is 6.21. The Kier molecular flexibility index (Phi) is 3.75. The molecule has 0 saturated carbocycles. The van der Waals surface area contributed by atoms with Crippen LogP contribution in [0.5, 0.6) is 5.75 Å². The van der Waals surface area contributed by atoms with Crippen LogP contribution in [-0.2, 0) is 0 Å². The van der Waals surface area contributed by atoms with Gasteiger partial charge < -0.3 is 4.74 Å². The lowest BCUT2D eigenvalue weighted by Crippen LogP contribution is -1.96. The first-order valence-electron chi connectivity index (χ1n) is 4.88. The molecule has 1 nitrogen and oxygen atoms in total. The van der Waals surface area contributed by atoms with Crippen molar-refractivity contribution in [3.05, 3.63) is 47.9 Å². The predicted octanol–water partition coefficient (Wildman–Crippen LogP) is 3.52. The molecule has 1 aromatic carbocycles. The van der Waals surface area contributed by atoms with E-state index in [4.69, 9.17) is 4.74 Å². The quantitative estimate of drug-likeness (QED) is 0.704. The van der Waals surface area contributed by atoms with Gasteiger partial charge >= 0.3 is 0 Å². The molecule has 0 aliphatic rings. The second-order valence-electron chi connectivity index (χ2n) is 3.30. The van der Waals surface area contributed by atoms with E-state index in [0.717, 1.165) is 5.75 Å². The van der Waals surface area contributed by atoms with E-state index in [1.807, 2.05) is 19.1 Å². The Morgan fingerprint density at radius 2 is 2.21 bits per heavy atom. The summed E-state index contributed by atoms with van der Waals surface area (Å²) in [5.74, 6) is 2.16. The molecular weight excluding hydrogens is 172 g/mol. The molecule has 14 heavy (non-hydrogen) atoms. The van der Waals surface area contributed by atoms with Crippen LogP contribution >= 0.6 is 0 Å². The van der Waals surface area contributed by atoms with E-state index in [1.165, 1.54) is 17.0 Å². The van der Waals surface area contributed by atoms with Crippen molar-refractivity contribution in [3.8, 4) is 5.75 Å². The van der Waals surface area contributed by atoms with Crippen molar-refractivity contribution in [2.75, 3.05) is 6.61 Å². The zero-order valence-electron chi connectivity index (χ0n) is 9.13. The summed E-state index contributed by atoms with van der Waals surface area (Å²) >= 11 is 0. The molecule has 0 saturated heterocycles. The second kappa shape index (κ2) is 4.85. The van der Waals surface area contributed by atoms with E-state index in [-0.39, 0.29) is 0 Å². The molecule has 0 aliphatic heterocycles. The number of ether oxygens (including phenoxy) is 1. The maximum Gasteiger partial charge on any atom is 0.122 e. The van der Waals surface area contributed by atoms with Crippen LogP contribution in [0.2, 0.25) is 0 Å². The van der Waals surface area contributed by atoms with Crippen LogP contribution in [0.1, 0.15) is 25.0 Å². The number of hydrogen-bond donors (Lipinski definition) is 0. The number of rotatable bonds is 4. The second-order valence-corrected chi connectivity index (χ2v) is 3.30. The van der Waals surface area contributed by atoms with Gasteiger partial charge in [0.2, 0.25) is 0 Å². The van der Waals surface area contributed by atoms with E-state index in [0.29, 0.717) is 6.61 Å². The molecule has 0 unspecified atom stereocenters. The molecule has 0 N–H and O–H groups in total. The topological polar surface area (TPSA) is 9.23 Å². The average Bonchev–Trinajstić information content (AvgIpc) is 2.20. The maximum atomic E-state index is 5.47. The van der Waals surface area contributed by atoms with Gasteiger partial charge in [-0.25, -0.2) is 0 Å². The van der Waals surface area contributed by atoms with Crippen molar-refractivity contribution in [1.82, 2.24) is 0 Å². The largest absolute Gasteiger partial charge is 0.494 e. The van der Waals surface area contributed by atoms with Gasteiger partial charge in [-0.15, -0.1) is 6.58 Å². The minimum Gasteiger partial charge on any atom is -0.494 e. The highest BCUT2D eigenvalue weighted by atomic mass is 16.5. The summed E-state index contributed by atoms with van der Waals surface area (Å²) in [5.41, 5.74) is 2.38. The minimum atomic E-state index is 0.713. The van der Waals surface area contributed by atoms with E-state index >= 15 is 0 Å². The highest BCUT2D eigenvalue weighted by Gasteiger charge is 2.04. The minimum absolute atomic E-state index is 0.713. The summed E-state index contributed by atoms with van der Waals surface area (Å²) in [7, 11) is 0. The standard InChI is InChI=1S/C13H17O/c1-5-10(3)12-7-8-13(14-6-2)11(4)9-12/h5,7-9H,1,6H2,2-4H3. The summed E-state index contributed by atoms with van der Waals surface area (Å²) in [6.07, 6.45) is 1.87. The van der Waals surface area contributed by atoms with Crippen LogP contribution in [0.3, 0.4) is 0 Å². The van der Waals surface area contributed by atoms with Crippen LogP contribution in [0.4, 0.5) is 0 Å². The van der Waals surface area contributed by atoms with Crippen LogP contribution in [0.15, 0.2) is 30.9 Å². The molecule has 75 valence electrons. The summed E-state index contributed by atoms with van der Waals surface area (Å²) in [5, 5.41) is 0. The van der Waals surface area contributed by atoms with Crippen molar-refractivity contribution in [3.63, 3.8) is 0 Å². The van der Waals surface area contributed by atoms with E-state index < -0.39 is 0 Å². The van der Waals surface area contributed by atoms with Gasteiger partial charge in [-0.2, -0.15) is 0 Å². The zero-order chi connectivity index (χ0) is 10.6. The van der Waals surface area contributed by atoms with Gasteiger partial charge in [0, 0.05) is 5.92 Å². The highest BCUT2D eigenvalue weighted by Crippen LogP contribution is 2.23. The van der Waals surface area contributed by atoms with E-state index in [1.54, 1.807) is 0 Å². The van der Waals surface area contributed by atoms with E-state index in [9.17, 15) is 0 Å². The van der Waals surface area contributed by atoms with Crippen LogP contribution in [0.25, 0.3) is 0 Å². The summed E-state index contributed by atoms with van der Waals surface area (Å²) in [4.78, 5) is 0. The summed E-state index contributed by atoms with van der Waals surface area (Å²) in [6.45, 7) is 10.6. The Balaban J connectivity index is 2.93. The molecule has 0 spiro atoms. The molecule has 0 bridgehead atoms. The monoisotopic (exact) mass is 189 g/mol. The van der Waals surface area contributed by atoms with Gasteiger partial charge in [0.1, 0.15) is 5.75 Å². The van der Waals surface area contributed by atoms with Gasteiger partial charge in [0.25, 0.3) is 0 Å². The Morgan fingerprint density at radius 1 is 1.50 bits per heavy atom. The fourth-order valence-corrected chi connectivity index (χ4v) is 1.33. The molecule has 0 aromatic heterocycles. The lowest BCUT2D eigenvalue weighted by atomic mass is 9.99. The SMILES string of the molecule is C=C[C](C)c1ccc(OCC)c(C)c1. The van der Waals surface area contributed by atoms with Crippen molar-refractivity contribution < 1.29 is 4.74 Å². The van der Waals surface area contributed by atoms with Crippen LogP contribution in [0, 0.1) is 12.8 Å². The lowest BCUT2D eigenvalue weighted by molar-refractivity contribution is 0.338. The lowest BCUT2D eigenvalue weighted by Gasteiger charge is -2.10. The third-order valence-electron chi connectivity index (χ3n) is 2.24. The van der Waals surface area contributed by atoms with Gasteiger partial charge in [0.15, 0.2) is 0 Å². The first-order chi connectivity index (χ1) is 6.69. The van der Waals surface area contributed by atoms with Crippen molar-refractivity contribution in [2.45, 2.75) is 20.8 Å². The number of aryl methyl sites for hydroxylation is 1. The number of hydrogen-bond acceptors (Lipinski definition) is 1. The fourth-order valence-electron chi connectivity index (χ4n) is 1.33. The van der Waals surface area contributed by atoms with Crippen LogP contribution < -0.4 is 4.74 Å². The third-order valence-corrected chi connectivity index (χ3v) is 2.24. The van der Waals surface area contributed by atoms with Crippen molar-refractivity contribution in [1.29, 1.82) is 0 Å². The Labute approximate surface area is 86.4 Å². The number of allylic oxidation sites excluding steroid dienone is 1. The van der Waals surface area contributed by atoms with Gasteiger partial charge in [-0.1, -0.05) is 25.1 Å². The van der Waals surface area contributed by atoms with Crippen molar-refractivity contribution in [2.24, 2.45) is 0 Å². The van der Waals surface area contributed by atoms with E-state index in [2.05, 4.69) is 32.6 Å². The molecule has 1 radical (unpaired) electrons. The molecule has 0 fully saturated rings. The van der Waals surface area contributed by atoms with Crippen molar-refractivity contribution >= 4 is 0 Å². The molecule has 0 aliphatic carbocycles. The molecule has 1 aromatic rings. The first-order valence-corrected chi connectivity index (χ1v) is 4.88. The van der Waals surface area contributed by atoms with Crippen LogP contribution in [-0.4, -0.2) is 6.61 Å². The Hall–Kier alpha value is -1.24. The summed E-state index contributed by atoms with van der Waals surface area (Å²) < 4.78 is 5.47. The molecule has 0 amide bonds. The maximum absolute atomic E-state index is 5.47. The van der Waals surface area contributed by atoms with Gasteiger partial charge in [0.05, 0.1) is 6.61 Å².